The molecule has 2 aromatic heterocycles. The van der Waals surface area contributed by atoms with Gasteiger partial charge >= 0.3 is 0 Å². The molecule has 0 unspecified atom stereocenters. The van der Waals surface area contributed by atoms with Gasteiger partial charge in [0, 0.05) is 34.4 Å². The van der Waals surface area contributed by atoms with E-state index in [2.05, 4.69) is 9.97 Å². The summed E-state index contributed by atoms with van der Waals surface area (Å²) in [5.41, 5.74) is 2.72. The number of hydrogen-bond donors (Lipinski definition) is 2. The number of ether oxygens (including phenoxy) is 2. The number of H-pyrrole nitrogens is 2. The van der Waals surface area contributed by atoms with Crippen LogP contribution in [0.3, 0.4) is 0 Å². The second kappa shape index (κ2) is 6.68. The minimum Gasteiger partial charge on any atom is -0.356 e. The van der Waals surface area contributed by atoms with Crippen molar-refractivity contribution in [3.05, 3.63) is 63.5 Å². The molecule has 154 valence electrons. The lowest BCUT2D eigenvalue weighted by Gasteiger charge is -2.33. The number of nitrogens with one attached hydrogen (secondary N) is 2. The molecule has 0 atom stereocenters. The summed E-state index contributed by atoms with van der Waals surface area (Å²) < 4.78 is 35.2. The van der Waals surface area contributed by atoms with Crippen LogP contribution in [0.1, 0.15) is 18.8 Å². The van der Waals surface area contributed by atoms with Crippen LogP contribution < -0.4 is 5.56 Å². The number of rotatable bonds is 3. The minimum absolute atomic E-state index is 0.204. The molecule has 0 radical (unpaired) electrons. The molecule has 3 heterocycles. The van der Waals surface area contributed by atoms with E-state index in [1.54, 1.807) is 43.5 Å². The summed E-state index contributed by atoms with van der Waals surface area (Å²) in [6.07, 6.45) is 1.99. The molecule has 1 aliphatic heterocycles. The van der Waals surface area contributed by atoms with Gasteiger partial charge in [-0.2, -0.15) is 0 Å². The summed E-state index contributed by atoms with van der Waals surface area (Å²) in [5, 5.41) is 1.82. The van der Waals surface area contributed by atoms with Crippen LogP contribution in [0.2, 0.25) is 5.02 Å². The lowest BCUT2D eigenvalue weighted by molar-refractivity contribution is -0.382. The first-order chi connectivity index (χ1) is 14.2. The van der Waals surface area contributed by atoms with Gasteiger partial charge in [0.25, 0.3) is 5.56 Å². The fraction of sp³-hybridized carbons (Fsp3) is 0.190. The fourth-order valence-electron chi connectivity index (χ4n) is 3.78. The largest absolute Gasteiger partial charge is 0.356 e. The zero-order chi connectivity index (χ0) is 21.2. The van der Waals surface area contributed by atoms with Crippen LogP contribution >= 0.6 is 11.6 Å². The van der Waals surface area contributed by atoms with E-state index in [0.717, 1.165) is 17.2 Å². The average molecular weight is 445 g/mol. The zero-order valence-corrected chi connectivity index (χ0v) is 17.6. The van der Waals surface area contributed by atoms with Gasteiger partial charge in [-0.05, 0) is 36.8 Å². The van der Waals surface area contributed by atoms with Gasteiger partial charge in [0.2, 0.25) is 0 Å². The molecule has 4 aromatic rings. The number of aromatic amines is 2. The molecule has 5 rings (SSSR count). The number of hydrogen-bond acceptors (Lipinski definition) is 5. The Kier molecular flexibility index (Phi) is 4.30. The lowest BCUT2D eigenvalue weighted by atomic mass is 10.00. The van der Waals surface area contributed by atoms with Crippen molar-refractivity contribution in [3.8, 4) is 11.1 Å². The van der Waals surface area contributed by atoms with Gasteiger partial charge in [-0.3, -0.25) is 4.79 Å². The molecule has 0 bridgehead atoms. The van der Waals surface area contributed by atoms with E-state index in [9.17, 15) is 13.2 Å². The van der Waals surface area contributed by atoms with E-state index in [1.807, 2.05) is 6.07 Å². The van der Waals surface area contributed by atoms with Gasteiger partial charge in [0.1, 0.15) is 5.52 Å². The van der Waals surface area contributed by atoms with E-state index in [4.69, 9.17) is 21.1 Å². The molecule has 1 aliphatic rings. The predicted octanol–water partition coefficient (Wildman–Crippen LogP) is 4.12. The predicted molar refractivity (Wildman–Crippen MR) is 114 cm³/mol. The van der Waals surface area contributed by atoms with Crippen molar-refractivity contribution < 1.29 is 17.9 Å². The Morgan fingerprint density at radius 1 is 1.13 bits per heavy atom. The lowest BCUT2D eigenvalue weighted by Crippen LogP contribution is -2.31. The van der Waals surface area contributed by atoms with Gasteiger partial charge in [0.15, 0.2) is 22.4 Å². The highest BCUT2D eigenvalue weighted by Gasteiger charge is 2.31. The Balaban J connectivity index is 1.79. The molecular weight excluding hydrogens is 428 g/mol. The molecular formula is C21H17ClN2O5S. The van der Waals surface area contributed by atoms with E-state index in [1.165, 1.54) is 0 Å². The third-order valence-corrected chi connectivity index (χ3v) is 6.64. The highest BCUT2D eigenvalue weighted by molar-refractivity contribution is 7.90. The van der Waals surface area contributed by atoms with Crippen LogP contribution in [0.15, 0.2) is 52.3 Å². The van der Waals surface area contributed by atoms with E-state index < -0.39 is 16.1 Å². The minimum atomic E-state index is -3.37. The maximum atomic E-state index is 12.5. The number of halogens is 1. The molecule has 2 aromatic carbocycles. The quantitative estimate of drug-likeness (QED) is 0.495. The Morgan fingerprint density at radius 3 is 2.60 bits per heavy atom. The van der Waals surface area contributed by atoms with Gasteiger partial charge in [-0.15, -0.1) is 0 Å². The van der Waals surface area contributed by atoms with Crippen molar-refractivity contribution in [2.24, 2.45) is 0 Å². The molecule has 0 aliphatic carbocycles. The molecule has 0 saturated carbocycles. The number of fused-ring (bicyclic) bond motifs is 3. The maximum Gasteiger partial charge on any atom is 0.272 e. The summed E-state index contributed by atoms with van der Waals surface area (Å²) in [7, 11) is -3.37. The highest BCUT2D eigenvalue weighted by Crippen LogP contribution is 2.40. The van der Waals surface area contributed by atoms with Crippen molar-refractivity contribution in [2.75, 3.05) is 6.26 Å². The average Bonchev–Trinajstić information content (AvgIpc) is 3.10. The molecule has 1 saturated heterocycles. The fourth-order valence-corrected chi connectivity index (χ4v) is 4.72. The van der Waals surface area contributed by atoms with Gasteiger partial charge in [0.05, 0.1) is 15.4 Å². The van der Waals surface area contributed by atoms with Gasteiger partial charge < -0.3 is 19.4 Å². The van der Waals surface area contributed by atoms with Crippen LogP contribution in [0.25, 0.3) is 32.9 Å². The highest BCUT2D eigenvalue weighted by atomic mass is 35.5. The number of sulfone groups is 1. The Bertz CT molecular complexity index is 1480. The van der Waals surface area contributed by atoms with Crippen molar-refractivity contribution in [1.29, 1.82) is 0 Å². The van der Waals surface area contributed by atoms with E-state index in [-0.39, 0.29) is 16.7 Å². The van der Waals surface area contributed by atoms with Gasteiger partial charge in [-0.25, -0.2) is 8.42 Å². The maximum absolute atomic E-state index is 12.5. The number of aromatic nitrogens is 2. The van der Waals surface area contributed by atoms with E-state index >= 15 is 0 Å². The third-order valence-electron chi connectivity index (χ3n) is 5.22. The third kappa shape index (κ3) is 3.04. The molecule has 0 spiro atoms. The molecule has 1 fully saturated rings. The molecule has 9 heteroatoms. The van der Waals surface area contributed by atoms with Crippen LogP contribution in [0.5, 0.6) is 0 Å². The normalized spacial score (nSPS) is 19.3. The van der Waals surface area contributed by atoms with Crippen LogP contribution in [-0.2, 0) is 19.3 Å². The van der Waals surface area contributed by atoms with Crippen molar-refractivity contribution in [2.45, 2.75) is 24.4 Å². The van der Waals surface area contributed by atoms with E-state index in [0.29, 0.717) is 32.6 Å². The summed E-state index contributed by atoms with van der Waals surface area (Å²) in [6, 6.07) is 10.1. The number of benzene rings is 2. The Labute approximate surface area is 176 Å². The summed E-state index contributed by atoms with van der Waals surface area (Å²) in [6.45, 7) is 1.79. The summed E-state index contributed by atoms with van der Waals surface area (Å²) in [4.78, 5) is 18.6. The summed E-state index contributed by atoms with van der Waals surface area (Å²) >= 11 is 6.51. The molecule has 30 heavy (non-hydrogen) atoms. The van der Waals surface area contributed by atoms with Crippen molar-refractivity contribution in [1.82, 2.24) is 9.97 Å². The first-order valence-corrected chi connectivity index (χ1v) is 11.5. The standard InChI is InChI=1S/C21H17ClN2O5S/c1-10-28-21(29-10)15-9-23-19-18(15)14-7-13(16(22)8-17(14)24-20(19)25)11-4-3-5-12(6-11)30(2,26)27/h3-10,21,23H,1-2H3,(H,24,25). The Hall–Kier alpha value is -2.65. The van der Waals surface area contributed by atoms with Crippen LogP contribution in [0.4, 0.5) is 0 Å². The first-order valence-electron chi connectivity index (χ1n) is 9.20. The van der Waals surface area contributed by atoms with Crippen molar-refractivity contribution in [3.63, 3.8) is 0 Å². The molecule has 2 N–H and O–H groups in total. The molecule has 7 nitrogen and oxygen atoms in total. The molecule has 0 amide bonds. The second-order valence-electron chi connectivity index (χ2n) is 7.30. The SMILES string of the molecule is CC1OC(c2c[nH]c3c(=O)[nH]c4cc(Cl)c(-c5cccc(S(C)(=O)=O)c5)cc4c23)O1. The smallest absolute Gasteiger partial charge is 0.272 e. The summed E-state index contributed by atoms with van der Waals surface area (Å²) in [5.74, 6) is 0. The number of pyridine rings is 1. The van der Waals surface area contributed by atoms with Crippen LogP contribution in [-0.4, -0.2) is 30.9 Å². The zero-order valence-electron chi connectivity index (χ0n) is 16.0. The topological polar surface area (TPSA) is 101 Å². The first kappa shape index (κ1) is 19.3. The second-order valence-corrected chi connectivity index (χ2v) is 9.72. The van der Waals surface area contributed by atoms with Gasteiger partial charge in [-0.1, -0.05) is 23.7 Å². The monoisotopic (exact) mass is 444 g/mol. The van der Waals surface area contributed by atoms with Crippen LogP contribution in [0, 0.1) is 0 Å². The van der Waals surface area contributed by atoms with Crippen molar-refractivity contribution >= 4 is 43.2 Å². The Morgan fingerprint density at radius 2 is 1.90 bits per heavy atom.